The summed E-state index contributed by atoms with van der Waals surface area (Å²) in [6.07, 6.45) is 0. The molecule has 4 rings (SSSR count). The van der Waals surface area contributed by atoms with Crippen molar-refractivity contribution in [2.75, 3.05) is 5.32 Å². The number of carbonyl (C=O) groups excluding carboxylic acids is 1. The molecule has 0 bridgehead atoms. The molecule has 0 saturated heterocycles. The summed E-state index contributed by atoms with van der Waals surface area (Å²) in [5, 5.41) is 14.7. The molecule has 1 aromatic heterocycles. The van der Waals surface area contributed by atoms with Gasteiger partial charge < -0.3 is 15.8 Å². The number of rotatable bonds is 5. The number of allylic oxidation sites excluding steroid dienone is 1. The summed E-state index contributed by atoms with van der Waals surface area (Å²) in [5.74, 6) is 0.619. The van der Waals surface area contributed by atoms with Crippen LogP contribution in [0.1, 0.15) is 29.7 Å². The summed E-state index contributed by atoms with van der Waals surface area (Å²) in [6.45, 7) is 4.28. The van der Waals surface area contributed by atoms with Crippen molar-refractivity contribution in [1.29, 1.82) is 0 Å². The number of carbonyl (C=O) groups is 1. The van der Waals surface area contributed by atoms with Crippen LogP contribution in [0.15, 0.2) is 59.8 Å². The second-order valence-corrected chi connectivity index (χ2v) is 6.72. The first-order chi connectivity index (χ1) is 13.5. The van der Waals surface area contributed by atoms with Crippen LogP contribution < -0.4 is 15.8 Å². The molecule has 0 spiro atoms. The molecular weight excluding hydrogens is 356 g/mol. The molecule has 3 aromatic rings. The molecule has 1 aliphatic heterocycles. The third-order valence-electron chi connectivity index (χ3n) is 4.68. The molecule has 2 aromatic carbocycles. The molecule has 3 N–H and O–H groups in total. The number of hydrogen-bond donors (Lipinski definition) is 2. The van der Waals surface area contributed by atoms with Gasteiger partial charge in [-0.15, -0.1) is 0 Å². The van der Waals surface area contributed by atoms with Crippen LogP contribution in [0.5, 0.6) is 5.75 Å². The van der Waals surface area contributed by atoms with E-state index in [1.54, 1.807) is 11.6 Å². The fourth-order valence-electron chi connectivity index (χ4n) is 3.27. The number of benzene rings is 2. The standard InChI is InChI=1S/C20H20N6O2/c1-12-6-8-14(9-7-12)11-28-16-5-3-4-15(10-16)18-17(19(21)27)13(2)22-20-23-24-25-26(18)20/h3-10,18H,11H2,1-2H3,(H2,21,27)(H,22,23,25). The van der Waals surface area contributed by atoms with Crippen LogP contribution in [-0.2, 0) is 11.4 Å². The Labute approximate surface area is 162 Å². The molecule has 8 nitrogen and oxygen atoms in total. The summed E-state index contributed by atoms with van der Waals surface area (Å²) in [5.41, 5.74) is 9.78. The van der Waals surface area contributed by atoms with Crippen LogP contribution in [0.4, 0.5) is 5.95 Å². The SMILES string of the molecule is CC1=C(C(N)=O)C(c2cccc(OCc3ccc(C)cc3)c2)n2nnnc2N1. The van der Waals surface area contributed by atoms with E-state index >= 15 is 0 Å². The van der Waals surface area contributed by atoms with Gasteiger partial charge in [0, 0.05) is 5.70 Å². The zero-order valence-corrected chi connectivity index (χ0v) is 15.6. The third kappa shape index (κ3) is 3.32. The fourth-order valence-corrected chi connectivity index (χ4v) is 3.27. The quantitative estimate of drug-likeness (QED) is 0.708. The summed E-state index contributed by atoms with van der Waals surface area (Å²) in [4.78, 5) is 12.1. The number of anilines is 1. The van der Waals surface area contributed by atoms with Gasteiger partial charge >= 0.3 is 0 Å². The van der Waals surface area contributed by atoms with Gasteiger partial charge in [0.15, 0.2) is 0 Å². The highest BCUT2D eigenvalue weighted by Gasteiger charge is 2.33. The van der Waals surface area contributed by atoms with E-state index in [-0.39, 0.29) is 0 Å². The second-order valence-electron chi connectivity index (χ2n) is 6.72. The highest BCUT2D eigenvalue weighted by Crippen LogP contribution is 2.35. The summed E-state index contributed by atoms with van der Waals surface area (Å²) in [6, 6.07) is 15.2. The number of fused-ring (bicyclic) bond motifs is 1. The van der Waals surface area contributed by atoms with Crippen molar-refractivity contribution in [3.05, 3.63) is 76.5 Å². The zero-order valence-electron chi connectivity index (χ0n) is 15.6. The van der Waals surface area contributed by atoms with E-state index in [1.165, 1.54) is 5.56 Å². The van der Waals surface area contributed by atoms with Crippen LogP contribution in [0.3, 0.4) is 0 Å². The van der Waals surface area contributed by atoms with Crippen molar-refractivity contribution in [1.82, 2.24) is 20.2 Å². The Morgan fingerprint density at radius 2 is 2.00 bits per heavy atom. The summed E-state index contributed by atoms with van der Waals surface area (Å²) < 4.78 is 7.49. The largest absolute Gasteiger partial charge is 0.489 e. The lowest BCUT2D eigenvalue weighted by Crippen LogP contribution is -2.31. The fraction of sp³-hybridized carbons (Fsp3) is 0.200. The zero-order chi connectivity index (χ0) is 19.7. The maximum absolute atomic E-state index is 12.1. The average molecular weight is 376 g/mol. The number of aryl methyl sites for hydroxylation is 1. The van der Waals surface area contributed by atoms with Gasteiger partial charge in [-0.25, -0.2) is 0 Å². The normalized spacial score (nSPS) is 15.7. The first-order valence-electron chi connectivity index (χ1n) is 8.86. The molecule has 0 saturated carbocycles. The molecule has 1 aliphatic rings. The van der Waals surface area contributed by atoms with Gasteiger partial charge in [-0.3, -0.25) is 4.79 Å². The van der Waals surface area contributed by atoms with Gasteiger partial charge in [0.05, 0.1) is 5.57 Å². The van der Waals surface area contributed by atoms with Gasteiger partial charge in [-0.1, -0.05) is 47.1 Å². The smallest absolute Gasteiger partial charge is 0.248 e. The topological polar surface area (TPSA) is 108 Å². The lowest BCUT2D eigenvalue weighted by atomic mass is 9.95. The number of hydrogen-bond acceptors (Lipinski definition) is 6. The molecule has 0 fully saturated rings. The van der Waals surface area contributed by atoms with Gasteiger partial charge in [-0.05, 0) is 47.5 Å². The Balaban J connectivity index is 1.64. The van der Waals surface area contributed by atoms with Gasteiger partial charge in [0.25, 0.3) is 0 Å². The van der Waals surface area contributed by atoms with Crippen LogP contribution in [0, 0.1) is 6.92 Å². The van der Waals surface area contributed by atoms with E-state index in [1.807, 2.05) is 43.3 Å². The molecular formula is C20H20N6O2. The van der Waals surface area contributed by atoms with E-state index in [2.05, 4.69) is 33.0 Å². The Morgan fingerprint density at radius 1 is 1.21 bits per heavy atom. The Morgan fingerprint density at radius 3 is 2.75 bits per heavy atom. The number of tetrazole rings is 1. The predicted octanol–water partition coefficient (Wildman–Crippen LogP) is 2.33. The minimum Gasteiger partial charge on any atom is -0.489 e. The molecule has 28 heavy (non-hydrogen) atoms. The monoisotopic (exact) mass is 376 g/mol. The highest BCUT2D eigenvalue weighted by molar-refractivity contribution is 5.95. The first-order valence-corrected chi connectivity index (χ1v) is 8.86. The van der Waals surface area contributed by atoms with Crippen LogP contribution in [-0.4, -0.2) is 26.1 Å². The van der Waals surface area contributed by atoms with Crippen molar-refractivity contribution in [3.8, 4) is 5.75 Å². The van der Waals surface area contributed by atoms with E-state index in [0.717, 1.165) is 11.1 Å². The maximum atomic E-state index is 12.1. The van der Waals surface area contributed by atoms with Crippen molar-refractivity contribution in [2.45, 2.75) is 26.5 Å². The third-order valence-corrected chi connectivity index (χ3v) is 4.68. The number of amides is 1. The van der Waals surface area contributed by atoms with E-state index in [0.29, 0.717) is 29.6 Å². The van der Waals surface area contributed by atoms with Crippen LogP contribution >= 0.6 is 0 Å². The molecule has 0 radical (unpaired) electrons. The molecule has 1 amide bonds. The highest BCUT2D eigenvalue weighted by atomic mass is 16.5. The lowest BCUT2D eigenvalue weighted by molar-refractivity contribution is -0.115. The molecule has 1 atom stereocenters. The Kier molecular flexibility index (Phi) is 4.52. The van der Waals surface area contributed by atoms with Crippen LogP contribution in [0.25, 0.3) is 0 Å². The molecule has 142 valence electrons. The Bertz CT molecular complexity index is 1050. The van der Waals surface area contributed by atoms with Gasteiger partial charge in [0.1, 0.15) is 18.4 Å². The average Bonchev–Trinajstić information content (AvgIpc) is 3.14. The lowest BCUT2D eigenvalue weighted by Gasteiger charge is -2.27. The van der Waals surface area contributed by atoms with Crippen molar-refractivity contribution >= 4 is 11.9 Å². The predicted molar refractivity (Wildman–Crippen MR) is 103 cm³/mol. The van der Waals surface area contributed by atoms with E-state index in [4.69, 9.17) is 10.5 Å². The minimum atomic E-state index is -0.526. The number of ether oxygens (including phenoxy) is 1. The van der Waals surface area contributed by atoms with Crippen molar-refractivity contribution < 1.29 is 9.53 Å². The number of nitrogens with two attached hydrogens (primary N) is 1. The van der Waals surface area contributed by atoms with Crippen molar-refractivity contribution in [2.24, 2.45) is 5.73 Å². The van der Waals surface area contributed by atoms with E-state index < -0.39 is 11.9 Å². The maximum Gasteiger partial charge on any atom is 0.248 e. The van der Waals surface area contributed by atoms with Crippen molar-refractivity contribution in [3.63, 3.8) is 0 Å². The van der Waals surface area contributed by atoms with Gasteiger partial charge in [-0.2, -0.15) is 4.68 Å². The van der Waals surface area contributed by atoms with E-state index in [9.17, 15) is 4.79 Å². The number of nitrogens with one attached hydrogen (secondary N) is 1. The number of nitrogens with zero attached hydrogens (tertiary/aromatic N) is 4. The number of aromatic nitrogens is 4. The van der Waals surface area contributed by atoms with Gasteiger partial charge in [0.2, 0.25) is 11.9 Å². The van der Waals surface area contributed by atoms with Crippen LogP contribution in [0.2, 0.25) is 0 Å². The number of primary amides is 1. The minimum absolute atomic E-state index is 0.412. The molecule has 1 unspecified atom stereocenters. The molecule has 0 aliphatic carbocycles. The summed E-state index contributed by atoms with van der Waals surface area (Å²) >= 11 is 0. The Hall–Kier alpha value is -3.68. The second kappa shape index (κ2) is 7.15. The molecule has 8 heteroatoms. The summed E-state index contributed by atoms with van der Waals surface area (Å²) in [7, 11) is 0. The first kappa shape index (κ1) is 17.7. The molecule has 2 heterocycles.